The molecule has 4 rings (SSSR count). The summed E-state index contributed by atoms with van der Waals surface area (Å²) in [5.41, 5.74) is 1.18. The first kappa shape index (κ1) is 20.8. The summed E-state index contributed by atoms with van der Waals surface area (Å²) in [6, 6.07) is 17.9. The van der Waals surface area contributed by atoms with Gasteiger partial charge in [-0.2, -0.15) is 0 Å². The molecule has 1 atom stereocenters. The molecule has 158 valence electrons. The average molecular weight is 415 g/mol. The molecule has 3 aromatic rings. The van der Waals surface area contributed by atoms with E-state index in [9.17, 15) is 14.7 Å². The van der Waals surface area contributed by atoms with Gasteiger partial charge in [-0.3, -0.25) is 14.6 Å². The summed E-state index contributed by atoms with van der Waals surface area (Å²) in [5.74, 6) is -1.44. The van der Waals surface area contributed by atoms with Crippen LogP contribution >= 0.6 is 0 Å². The highest BCUT2D eigenvalue weighted by Gasteiger charge is 2.46. The second kappa shape index (κ2) is 8.70. The number of pyridine rings is 1. The Morgan fingerprint density at radius 3 is 2.52 bits per heavy atom. The number of Topliss-reactive ketones (excluding diaryl/α,β-unsaturated/α-hetero) is 1. The van der Waals surface area contributed by atoms with Crippen LogP contribution in [0.1, 0.15) is 23.7 Å². The number of aromatic nitrogens is 1. The number of nitrogens with zero attached hydrogens (tertiary/aromatic N) is 3. The molecule has 0 saturated carbocycles. The van der Waals surface area contributed by atoms with Gasteiger partial charge in [-0.05, 0) is 50.0 Å². The van der Waals surface area contributed by atoms with Crippen molar-refractivity contribution in [3.05, 3.63) is 83.7 Å². The zero-order valence-electron chi connectivity index (χ0n) is 17.7. The number of rotatable bonds is 6. The number of likely N-dealkylation sites (tertiary alicyclic amines) is 1. The molecular weight excluding hydrogens is 390 g/mol. The summed E-state index contributed by atoms with van der Waals surface area (Å²) >= 11 is 0. The number of carbonyl (C=O) groups is 2. The zero-order valence-corrected chi connectivity index (χ0v) is 17.7. The van der Waals surface area contributed by atoms with Crippen molar-refractivity contribution in [1.29, 1.82) is 0 Å². The second-order valence-electron chi connectivity index (χ2n) is 7.93. The molecular formula is C25H25N3O3. The van der Waals surface area contributed by atoms with E-state index in [4.69, 9.17) is 0 Å². The van der Waals surface area contributed by atoms with Crippen LogP contribution in [0.15, 0.2) is 72.4 Å². The molecule has 2 aromatic carbocycles. The predicted octanol–water partition coefficient (Wildman–Crippen LogP) is 3.61. The lowest BCUT2D eigenvalue weighted by Crippen LogP contribution is -2.32. The van der Waals surface area contributed by atoms with E-state index >= 15 is 0 Å². The molecule has 1 aliphatic rings. The molecule has 1 aliphatic heterocycles. The minimum atomic E-state index is -0.720. The molecule has 31 heavy (non-hydrogen) atoms. The summed E-state index contributed by atoms with van der Waals surface area (Å²) in [6.45, 7) is 1.18. The Labute approximate surface area is 181 Å². The number of ketones is 1. The highest BCUT2D eigenvalue weighted by atomic mass is 16.3. The van der Waals surface area contributed by atoms with Gasteiger partial charge in [0.05, 0.1) is 11.3 Å². The second-order valence-corrected chi connectivity index (χ2v) is 7.93. The molecule has 1 saturated heterocycles. The monoisotopic (exact) mass is 415 g/mol. The minimum absolute atomic E-state index is 0.0879. The van der Waals surface area contributed by atoms with Crippen molar-refractivity contribution < 1.29 is 14.7 Å². The van der Waals surface area contributed by atoms with E-state index in [2.05, 4.69) is 4.98 Å². The summed E-state index contributed by atoms with van der Waals surface area (Å²) in [7, 11) is 3.93. The Morgan fingerprint density at radius 1 is 1.03 bits per heavy atom. The van der Waals surface area contributed by atoms with Gasteiger partial charge in [0.1, 0.15) is 11.8 Å². The predicted molar refractivity (Wildman–Crippen MR) is 120 cm³/mol. The molecule has 0 bridgehead atoms. The fourth-order valence-corrected chi connectivity index (χ4v) is 4.09. The van der Waals surface area contributed by atoms with Gasteiger partial charge in [0.15, 0.2) is 0 Å². The molecule has 0 radical (unpaired) electrons. The molecule has 0 aliphatic carbocycles. The normalized spacial score (nSPS) is 18.3. The molecule has 6 heteroatoms. The number of carbonyl (C=O) groups excluding carboxylic acids is 2. The largest absolute Gasteiger partial charge is 0.507 e. The van der Waals surface area contributed by atoms with Gasteiger partial charge in [0.25, 0.3) is 11.7 Å². The fourth-order valence-electron chi connectivity index (χ4n) is 4.09. The first-order valence-electron chi connectivity index (χ1n) is 10.3. The van der Waals surface area contributed by atoms with E-state index in [1.165, 1.54) is 4.90 Å². The van der Waals surface area contributed by atoms with Crippen molar-refractivity contribution in [2.45, 2.75) is 12.5 Å². The van der Waals surface area contributed by atoms with Crippen LogP contribution in [0.4, 0.5) is 0 Å². The van der Waals surface area contributed by atoms with Gasteiger partial charge in [-0.1, -0.05) is 48.5 Å². The molecule has 1 amide bonds. The van der Waals surface area contributed by atoms with Crippen molar-refractivity contribution in [3.63, 3.8) is 0 Å². The number of hydrogen-bond donors (Lipinski definition) is 1. The minimum Gasteiger partial charge on any atom is -0.507 e. The maximum absolute atomic E-state index is 13.1. The first-order valence-corrected chi connectivity index (χ1v) is 10.3. The molecule has 1 aromatic heterocycles. The first-order chi connectivity index (χ1) is 15.0. The summed E-state index contributed by atoms with van der Waals surface area (Å²) in [5, 5.41) is 13.1. The van der Waals surface area contributed by atoms with Crippen LogP contribution in [0.25, 0.3) is 16.5 Å². The smallest absolute Gasteiger partial charge is 0.295 e. The van der Waals surface area contributed by atoms with E-state index in [-0.39, 0.29) is 11.3 Å². The van der Waals surface area contributed by atoms with E-state index in [0.717, 1.165) is 17.3 Å². The molecule has 2 heterocycles. The quantitative estimate of drug-likeness (QED) is 0.378. The lowest BCUT2D eigenvalue weighted by atomic mass is 9.95. The third-order valence-corrected chi connectivity index (χ3v) is 5.56. The van der Waals surface area contributed by atoms with E-state index in [0.29, 0.717) is 24.2 Å². The van der Waals surface area contributed by atoms with Crippen LogP contribution in [0.2, 0.25) is 0 Å². The van der Waals surface area contributed by atoms with Gasteiger partial charge >= 0.3 is 0 Å². The van der Waals surface area contributed by atoms with E-state index in [1.807, 2.05) is 61.5 Å². The maximum atomic E-state index is 13.1. The van der Waals surface area contributed by atoms with Gasteiger partial charge in [-0.15, -0.1) is 0 Å². The molecule has 0 spiro atoms. The SMILES string of the molecule is CN(C)CCCN1C(=O)C(=O)/C(=C(\O)c2cccc3ccccc23)C1c1ccccn1. The van der Waals surface area contributed by atoms with Gasteiger partial charge in [0, 0.05) is 18.3 Å². The van der Waals surface area contributed by atoms with Crippen molar-refractivity contribution in [2.75, 3.05) is 27.2 Å². The highest BCUT2D eigenvalue weighted by molar-refractivity contribution is 6.46. The van der Waals surface area contributed by atoms with Crippen LogP contribution < -0.4 is 0 Å². The lowest BCUT2D eigenvalue weighted by molar-refractivity contribution is -0.140. The topological polar surface area (TPSA) is 73.7 Å². The van der Waals surface area contributed by atoms with Crippen LogP contribution in [0.3, 0.4) is 0 Å². The average Bonchev–Trinajstić information content (AvgIpc) is 3.03. The van der Waals surface area contributed by atoms with Crippen LogP contribution in [-0.2, 0) is 9.59 Å². The van der Waals surface area contributed by atoms with Crippen molar-refractivity contribution in [3.8, 4) is 0 Å². The molecule has 1 fully saturated rings. The van der Waals surface area contributed by atoms with Gasteiger partial charge in [-0.25, -0.2) is 0 Å². The molecule has 6 nitrogen and oxygen atoms in total. The van der Waals surface area contributed by atoms with Crippen molar-refractivity contribution in [2.24, 2.45) is 0 Å². The highest BCUT2D eigenvalue weighted by Crippen LogP contribution is 2.39. The zero-order chi connectivity index (χ0) is 22.0. The van der Waals surface area contributed by atoms with E-state index in [1.54, 1.807) is 24.4 Å². The van der Waals surface area contributed by atoms with E-state index < -0.39 is 17.7 Å². The van der Waals surface area contributed by atoms with Gasteiger partial charge < -0.3 is 14.9 Å². The fraction of sp³-hybridized carbons (Fsp3) is 0.240. The van der Waals surface area contributed by atoms with Crippen molar-refractivity contribution >= 4 is 28.2 Å². The van der Waals surface area contributed by atoms with Crippen LogP contribution in [0.5, 0.6) is 0 Å². The molecule has 1 N–H and O–H groups in total. The van der Waals surface area contributed by atoms with Crippen LogP contribution in [0, 0.1) is 0 Å². The molecule has 1 unspecified atom stereocenters. The summed E-state index contributed by atoms with van der Waals surface area (Å²) < 4.78 is 0. The standard InChI is InChI=1S/C25H25N3O3/c1-27(2)15-8-16-28-22(20-13-5-6-14-26-20)21(24(30)25(28)31)23(29)19-12-7-10-17-9-3-4-11-18(17)19/h3-7,9-14,22,29H,8,15-16H2,1-2H3/b23-21-. The Hall–Kier alpha value is -3.51. The summed E-state index contributed by atoms with van der Waals surface area (Å²) in [4.78, 5) is 34.0. The maximum Gasteiger partial charge on any atom is 0.295 e. The summed E-state index contributed by atoms with van der Waals surface area (Å²) in [6.07, 6.45) is 2.34. The number of fused-ring (bicyclic) bond motifs is 1. The number of aliphatic hydroxyl groups is 1. The lowest BCUT2D eigenvalue weighted by Gasteiger charge is -2.25. The number of aliphatic hydroxyl groups excluding tert-OH is 1. The number of amides is 1. The van der Waals surface area contributed by atoms with Crippen LogP contribution in [-0.4, -0.2) is 58.8 Å². The third-order valence-electron chi connectivity index (χ3n) is 5.56. The number of hydrogen-bond acceptors (Lipinski definition) is 5. The van der Waals surface area contributed by atoms with Crippen molar-refractivity contribution in [1.82, 2.24) is 14.8 Å². The Morgan fingerprint density at radius 2 is 1.77 bits per heavy atom. The third kappa shape index (κ3) is 3.94. The number of benzene rings is 2. The Bertz CT molecular complexity index is 1150. The Balaban J connectivity index is 1.85. The Kier molecular flexibility index (Phi) is 5.82. The van der Waals surface area contributed by atoms with Gasteiger partial charge in [0.2, 0.25) is 0 Å².